The van der Waals surface area contributed by atoms with Gasteiger partial charge in [0.2, 0.25) is 0 Å². The van der Waals surface area contributed by atoms with Gasteiger partial charge in [-0.2, -0.15) is 0 Å². The summed E-state index contributed by atoms with van der Waals surface area (Å²) in [7, 11) is 0. The SMILES string of the molecule is CC1(C)C(=O)C=C(OCc2cnc(-c3cc(Cl)ccc3Cl)s2)C(C)(C)C1=O. The van der Waals surface area contributed by atoms with E-state index in [2.05, 4.69) is 4.98 Å². The topological polar surface area (TPSA) is 56.3 Å². The lowest BCUT2D eigenvalue weighted by molar-refractivity contribution is -0.144. The number of halogens is 2. The van der Waals surface area contributed by atoms with E-state index in [1.54, 1.807) is 52.1 Å². The van der Waals surface area contributed by atoms with Crippen LogP contribution < -0.4 is 0 Å². The molecule has 0 radical (unpaired) electrons. The first-order chi connectivity index (χ1) is 12.5. The predicted octanol–water partition coefficient (Wildman–Crippen LogP) is 5.72. The van der Waals surface area contributed by atoms with Gasteiger partial charge in [0, 0.05) is 22.9 Å². The Balaban J connectivity index is 1.80. The van der Waals surface area contributed by atoms with Gasteiger partial charge in [-0.3, -0.25) is 9.59 Å². The number of allylic oxidation sites excluding steroid dienone is 2. The zero-order chi connectivity index (χ0) is 20.0. The number of benzene rings is 1. The molecular weight excluding hydrogens is 405 g/mol. The van der Waals surface area contributed by atoms with Crippen molar-refractivity contribution in [1.82, 2.24) is 4.98 Å². The van der Waals surface area contributed by atoms with Crippen molar-refractivity contribution in [3.63, 3.8) is 0 Å². The smallest absolute Gasteiger partial charge is 0.172 e. The Bertz CT molecular complexity index is 960. The lowest BCUT2D eigenvalue weighted by atomic mass is 9.66. The minimum absolute atomic E-state index is 0.145. The second kappa shape index (κ2) is 7.04. The summed E-state index contributed by atoms with van der Waals surface area (Å²) in [6, 6.07) is 5.21. The average molecular weight is 424 g/mol. The Morgan fingerprint density at radius 1 is 1.11 bits per heavy atom. The molecular formula is C20H19Cl2NO3S. The molecule has 0 amide bonds. The molecule has 0 fully saturated rings. The summed E-state index contributed by atoms with van der Waals surface area (Å²) in [5, 5.41) is 1.87. The maximum atomic E-state index is 12.7. The van der Waals surface area contributed by atoms with Crippen molar-refractivity contribution < 1.29 is 14.3 Å². The lowest BCUT2D eigenvalue weighted by Crippen LogP contribution is -2.46. The number of thiazole rings is 1. The summed E-state index contributed by atoms with van der Waals surface area (Å²) in [5.74, 6) is -0.00158. The highest BCUT2D eigenvalue weighted by atomic mass is 35.5. The summed E-state index contributed by atoms with van der Waals surface area (Å²) in [6.45, 7) is 7.07. The molecule has 4 nitrogen and oxygen atoms in total. The van der Waals surface area contributed by atoms with Crippen molar-refractivity contribution in [2.45, 2.75) is 34.3 Å². The summed E-state index contributed by atoms with van der Waals surface area (Å²) in [4.78, 5) is 30.2. The molecule has 7 heteroatoms. The number of Topliss-reactive ketones (excluding diaryl/α,β-unsaturated/α-hetero) is 1. The quantitative estimate of drug-likeness (QED) is 0.589. The zero-order valence-electron chi connectivity index (χ0n) is 15.4. The van der Waals surface area contributed by atoms with Gasteiger partial charge in [0.05, 0.1) is 20.7 Å². The third-order valence-corrected chi connectivity index (χ3v) is 6.28. The first-order valence-corrected chi connectivity index (χ1v) is 9.95. The minimum atomic E-state index is -1.03. The Morgan fingerprint density at radius 2 is 1.81 bits per heavy atom. The molecule has 0 N–H and O–H groups in total. The number of ketones is 2. The number of carbonyl (C=O) groups is 2. The summed E-state index contributed by atoms with van der Waals surface area (Å²) >= 11 is 13.7. The number of aromatic nitrogens is 1. The van der Waals surface area contributed by atoms with Crippen LogP contribution in [-0.4, -0.2) is 16.6 Å². The molecule has 0 spiro atoms. The first-order valence-electron chi connectivity index (χ1n) is 8.38. The molecule has 1 heterocycles. The van der Waals surface area contributed by atoms with E-state index in [0.717, 1.165) is 15.4 Å². The molecule has 1 aromatic carbocycles. The van der Waals surface area contributed by atoms with Crippen LogP contribution >= 0.6 is 34.5 Å². The molecule has 0 unspecified atom stereocenters. The van der Waals surface area contributed by atoms with Gasteiger partial charge in [-0.1, -0.05) is 23.2 Å². The maximum Gasteiger partial charge on any atom is 0.172 e. The number of hydrogen-bond acceptors (Lipinski definition) is 5. The maximum absolute atomic E-state index is 12.7. The van der Waals surface area contributed by atoms with Crippen LogP contribution in [0.25, 0.3) is 10.6 Å². The third-order valence-electron chi connectivity index (χ3n) is 4.71. The van der Waals surface area contributed by atoms with Crippen LogP contribution in [0.4, 0.5) is 0 Å². The number of ether oxygens (including phenoxy) is 1. The molecule has 3 rings (SSSR count). The normalized spacial score (nSPS) is 18.4. The molecule has 1 aliphatic rings. The molecule has 0 saturated carbocycles. The highest BCUT2D eigenvalue weighted by Gasteiger charge is 2.50. The van der Waals surface area contributed by atoms with Gasteiger partial charge >= 0.3 is 0 Å². The Labute approximate surface area is 172 Å². The molecule has 2 aromatic rings. The monoisotopic (exact) mass is 423 g/mol. The van der Waals surface area contributed by atoms with Crippen LogP contribution in [0.2, 0.25) is 10.0 Å². The molecule has 1 aromatic heterocycles. The van der Waals surface area contributed by atoms with Crippen LogP contribution in [0.5, 0.6) is 0 Å². The van der Waals surface area contributed by atoms with Gasteiger partial charge in [0.25, 0.3) is 0 Å². The van der Waals surface area contributed by atoms with E-state index in [9.17, 15) is 9.59 Å². The standard InChI is InChI=1S/C20H19Cl2NO3S/c1-19(2)15(24)8-16(20(3,4)18(19)25)26-10-12-9-23-17(27-12)13-7-11(21)5-6-14(13)22/h5-9H,10H2,1-4H3. The molecule has 0 bridgehead atoms. The van der Waals surface area contributed by atoms with E-state index in [0.29, 0.717) is 15.8 Å². The van der Waals surface area contributed by atoms with E-state index in [4.69, 9.17) is 27.9 Å². The van der Waals surface area contributed by atoms with Crippen molar-refractivity contribution in [2.75, 3.05) is 0 Å². The van der Waals surface area contributed by atoms with E-state index >= 15 is 0 Å². The van der Waals surface area contributed by atoms with Gasteiger partial charge in [0.1, 0.15) is 17.4 Å². The Kier molecular flexibility index (Phi) is 5.23. The van der Waals surface area contributed by atoms with Crippen LogP contribution in [0.15, 0.2) is 36.2 Å². The lowest BCUT2D eigenvalue weighted by Gasteiger charge is -2.37. The van der Waals surface area contributed by atoms with Crippen LogP contribution in [0, 0.1) is 10.8 Å². The van der Waals surface area contributed by atoms with E-state index in [1.807, 2.05) is 0 Å². The molecule has 0 saturated heterocycles. The van der Waals surface area contributed by atoms with E-state index in [1.165, 1.54) is 17.4 Å². The average Bonchev–Trinajstić information content (AvgIpc) is 3.07. The molecule has 0 atom stereocenters. The van der Waals surface area contributed by atoms with Gasteiger partial charge in [-0.25, -0.2) is 4.98 Å². The molecule has 1 aliphatic carbocycles. The van der Waals surface area contributed by atoms with Gasteiger partial charge in [-0.15, -0.1) is 11.3 Å². The van der Waals surface area contributed by atoms with Crippen molar-refractivity contribution in [1.29, 1.82) is 0 Å². The van der Waals surface area contributed by atoms with E-state index in [-0.39, 0.29) is 18.2 Å². The van der Waals surface area contributed by atoms with E-state index < -0.39 is 10.8 Å². The minimum Gasteiger partial charge on any atom is -0.491 e. The zero-order valence-corrected chi connectivity index (χ0v) is 17.8. The summed E-state index contributed by atoms with van der Waals surface area (Å²) < 4.78 is 5.85. The summed E-state index contributed by atoms with van der Waals surface area (Å²) in [6.07, 6.45) is 3.14. The van der Waals surface area contributed by atoms with Gasteiger partial charge < -0.3 is 4.74 Å². The largest absolute Gasteiger partial charge is 0.491 e. The van der Waals surface area contributed by atoms with Crippen LogP contribution in [0.1, 0.15) is 32.6 Å². The van der Waals surface area contributed by atoms with Crippen molar-refractivity contribution in [3.05, 3.63) is 51.2 Å². The van der Waals surface area contributed by atoms with Crippen molar-refractivity contribution in [3.8, 4) is 10.6 Å². The molecule has 27 heavy (non-hydrogen) atoms. The highest BCUT2D eigenvalue weighted by Crippen LogP contribution is 2.42. The number of carbonyl (C=O) groups excluding carboxylic acids is 2. The predicted molar refractivity (Wildman–Crippen MR) is 108 cm³/mol. The molecule has 142 valence electrons. The molecule has 0 aliphatic heterocycles. The Hall–Kier alpha value is -1.69. The summed E-state index contributed by atoms with van der Waals surface area (Å²) in [5.41, 5.74) is -1.14. The van der Waals surface area contributed by atoms with Crippen LogP contribution in [-0.2, 0) is 20.9 Å². The van der Waals surface area contributed by atoms with Crippen molar-refractivity contribution >= 4 is 46.1 Å². The number of hydrogen-bond donors (Lipinski definition) is 0. The second-order valence-corrected chi connectivity index (χ2v) is 9.46. The fraction of sp³-hybridized carbons (Fsp3) is 0.350. The Morgan fingerprint density at radius 3 is 2.52 bits per heavy atom. The van der Waals surface area contributed by atoms with Crippen LogP contribution in [0.3, 0.4) is 0 Å². The van der Waals surface area contributed by atoms with Gasteiger partial charge in [-0.05, 0) is 45.9 Å². The third kappa shape index (κ3) is 3.68. The number of rotatable bonds is 4. The second-order valence-electron chi connectivity index (χ2n) is 7.50. The highest BCUT2D eigenvalue weighted by molar-refractivity contribution is 7.15. The number of nitrogens with zero attached hydrogens (tertiary/aromatic N) is 1. The fourth-order valence-corrected chi connectivity index (χ4v) is 4.31. The fourth-order valence-electron chi connectivity index (χ4n) is 3.02. The van der Waals surface area contributed by atoms with Gasteiger partial charge in [0.15, 0.2) is 11.6 Å². The van der Waals surface area contributed by atoms with Crippen molar-refractivity contribution in [2.24, 2.45) is 10.8 Å². The first kappa shape index (κ1) is 20.1.